The molecule has 0 spiro atoms. The predicted molar refractivity (Wildman–Crippen MR) is 141 cm³/mol. The molecule has 0 fully saturated rings. The van der Waals surface area contributed by atoms with Gasteiger partial charge in [0.1, 0.15) is 5.75 Å². The van der Waals surface area contributed by atoms with Crippen molar-refractivity contribution in [2.75, 3.05) is 11.1 Å². The Balaban J connectivity index is 1.68. The van der Waals surface area contributed by atoms with Crippen molar-refractivity contribution < 1.29 is 9.90 Å². The highest BCUT2D eigenvalue weighted by molar-refractivity contribution is 9.10. The quantitative estimate of drug-likeness (QED) is 0.240. The number of rotatable bonds is 6. The lowest BCUT2D eigenvalue weighted by Gasteiger charge is -2.14. The number of aromatic hydroxyl groups is 1. The molecule has 1 aromatic heterocycles. The van der Waals surface area contributed by atoms with Crippen LogP contribution in [0.1, 0.15) is 11.1 Å². The molecule has 0 unspecified atom stereocenters. The summed E-state index contributed by atoms with van der Waals surface area (Å²) in [6.45, 7) is 4.01. The zero-order chi connectivity index (χ0) is 24.4. The van der Waals surface area contributed by atoms with Crippen molar-refractivity contribution >= 4 is 62.5 Å². The van der Waals surface area contributed by atoms with Crippen molar-refractivity contribution in [3.05, 3.63) is 80.2 Å². The van der Waals surface area contributed by atoms with Gasteiger partial charge in [-0.2, -0.15) is 0 Å². The third kappa shape index (κ3) is 5.41. The van der Waals surface area contributed by atoms with E-state index in [1.165, 1.54) is 11.8 Å². The van der Waals surface area contributed by atoms with Gasteiger partial charge in [0.2, 0.25) is 5.91 Å². The minimum absolute atomic E-state index is 0.0658. The summed E-state index contributed by atoms with van der Waals surface area (Å²) in [6, 6.07) is 16.0. The Morgan fingerprint density at radius 3 is 2.65 bits per heavy atom. The fraction of sp³-hybridized carbons (Fsp3) is 0.125. The lowest BCUT2D eigenvalue weighted by molar-refractivity contribution is -0.113. The van der Waals surface area contributed by atoms with E-state index in [0.29, 0.717) is 32.3 Å². The number of carbonyl (C=O) groups is 1. The molecule has 0 aliphatic carbocycles. The number of phenolic OH excluding ortho intramolecular Hbond substituents is 1. The number of aromatic nitrogens is 3. The average Bonchev–Trinajstić information content (AvgIpc) is 3.20. The van der Waals surface area contributed by atoms with Gasteiger partial charge in [-0.25, -0.2) is 0 Å². The number of nitrogens with one attached hydrogen (secondary N) is 1. The first-order chi connectivity index (χ1) is 16.2. The first-order valence-corrected chi connectivity index (χ1v) is 12.7. The molecule has 0 atom stereocenters. The van der Waals surface area contributed by atoms with E-state index in [0.717, 1.165) is 21.3 Å². The van der Waals surface area contributed by atoms with Crippen LogP contribution in [-0.4, -0.2) is 31.5 Å². The van der Waals surface area contributed by atoms with Crippen molar-refractivity contribution in [1.29, 1.82) is 0 Å². The van der Waals surface area contributed by atoms with Crippen LogP contribution in [-0.2, 0) is 4.79 Å². The first-order valence-electron chi connectivity index (χ1n) is 10.1. The van der Waals surface area contributed by atoms with Crippen LogP contribution in [0, 0.1) is 13.8 Å². The van der Waals surface area contributed by atoms with Crippen molar-refractivity contribution in [1.82, 2.24) is 14.8 Å². The molecule has 6 nitrogen and oxygen atoms in total. The zero-order valence-electron chi connectivity index (χ0n) is 18.1. The molecule has 1 heterocycles. The van der Waals surface area contributed by atoms with Gasteiger partial charge in [0.05, 0.1) is 27.7 Å². The van der Waals surface area contributed by atoms with Gasteiger partial charge in [-0.05, 0) is 61.9 Å². The lowest BCUT2D eigenvalue weighted by Crippen LogP contribution is -2.15. The molecule has 1 amide bonds. The molecule has 174 valence electrons. The van der Waals surface area contributed by atoms with Crippen LogP contribution in [0.15, 0.2) is 64.2 Å². The molecular weight excluding hydrogens is 559 g/mol. The number of amides is 1. The molecule has 10 heteroatoms. The van der Waals surface area contributed by atoms with Crippen LogP contribution in [0.5, 0.6) is 5.75 Å². The topological polar surface area (TPSA) is 80.0 Å². The smallest absolute Gasteiger partial charge is 0.234 e. The summed E-state index contributed by atoms with van der Waals surface area (Å²) in [6.07, 6.45) is 0. The Labute approximate surface area is 219 Å². The van der Waals surface area contributed by atoms with E-state index in [-0.39, 0.29) is 17.4 Å². The minimum Gasteiger partial charge on any atom is -0.507 e. The Bertz CT molecular complexity index is 1390. The van der Waals surface area contributed by atoms with E-state index in [2.05, 4.69) is 37.5 Å². The fourth-order valence-electron chi connectivity index (χ4n) is 3.41. The minimum atomic E-state index is -0.267. The van der Waals surface area contributed by atoms with Crippen molar-refractivity contribution in [3.8, 4) is 22.8 Å². The number of aryl methyl sites for hydroxylation is 2. The van der Waals surface area contributed by atoms with E-state index < -0.39 is 0 Å². The Morgan fingerprint density at radius 1 is 1.09 bits per heavy atom. The number of hydrogen-bond acceptors (Lipinski definition) is 5. The summed E-state index contributed by atoms with van der Waals surface area (Å²) in [7, 11) is 0. The molecule has 0 aliphatic heterocycles. The molecule has 0 saturated heterocycles. The second-order valence-electron chi connectivity index (χ2n) is 7.55. The third-order valence-corrected chi connectivity index (χ3v) is 6.95. The number of benzene rings is 3. The number of hydrogen-bond donors (Lipinski definition) is 2. The second kappa shape index (κ2) is 10.4. The summed E-state index contributed by atoms with van der Waals surface area (Å²) in [5.41, 5.74) is 3.94. The standard InChI is InChI=1S/C24H19BrCl2N4O2S/c1-13-3-7-20(14(2)9-13)31-23(17-10-15(25)4-8-21(17)32)29-30-24(31)34-12-22(33)28-19-11-16(26)5-6-18(19)27/h3-11,32H,12H2,1-2H3,(H,28,33). The molecule has 0 aliphatic rings. The highest BCUT2D eigenvalue weighted by Gasteiger charge is 2.21. The van der Waals surface area contributed by atoms with Gasteiger partial charge in [-0.1, -0.05) is 68.6 Å². The van der Waals surface area contributed by atoms with Gasteiger partial charge < -0.3 is 10.4 Å². The van der Waals surface area contributed by atoms with Crippen molar-refractivity contribution in [3.63, 3.8) is 0 Å². The molecule has 2 N–H and O–H groups in total. The number of nitrogens with zero attached hydrogens (tertiary/aromatic N) is 3. The van der Waals surface area contributed by atoms with Crippen LogP contribution in [0.25, 0.3) is 17.1 Å². The average molecular weight is 578 g/mol. The molecular formula is C24H19BrCl2N4O2S. The number of thioether (sulfide) groups is 1. The molecule has 4 aromatic rings. The normalized spacial score (nSPS) is 11.0. The lowest BCUT2D eigenvalue weighted by atomic mass is 10.1. The molecule has 0 bridgehead atoms. The van der Waals surface area contributed by atoms with Crippen LogP contribution in [0.3, 0.4) is 0 Å². The maximum Gasteiger partial charge on any atom is 0.234 e. The maximum absolute atomic E-state index is 12.6. The highest BCUT2D eigenvalue weighted by atomic mass is 79.9. The van der Waals surface area contributed by atoms with Gasteiger partial charge in [0.25, 0.3) is 0 Å². The van der Waals surface area contributed by atoms with E-state index in [1.54, 1.807) is 36.4 Å². The van der Waals surface area contributed by atoms with Gasteiger partial charge in [-0.15, -0.1) is 10.2 Å². The van der Waals surface area contributed by atoms with E-state index >= 15 is 0 Å². The summed E-state index contributed by atoms with van der Waals surface area (Å²) >= 11 is 16.8. The zero-order valence-corrected chi connectivity index (χ0v) is 22.1. The van der Waals surface area contributed by atoms with Crippen LogP contribution < -0.4 is 5.32 Å². The number of anilines is 1. The number of halogens is 3. The summed E-state index contributed by atoms with van der Waals surface area (Å²) in [5, 5.41) is 23.4. The second-order valence-corrected chi connectivity index (χ2v) is 10.3. The van der Waals surface area contributed by atoms with E-state index in [1.807, 2.05) is 30.5 Å². The van der Waals surface area contributed by atoms with E-state index in [9.17, 15) is 9.90 Å². The number of phenols is 1. The molecule has 34 heavy (non-hydrogen) atoms. The molecule has 4 rings (SSSR count). The predicted octanol–water partition coefficient (Wildman–Crippen LogP) is 7.06. The van der Waals surface area contributed by atoms with Gasteiger partial charge in [-0.3, -0.25) is 9.36 Å². The van der Waals surface area contributed by atoms with Crippen LogP contribution >= 0.6 is 50.9 Å². The largest absolute Gasteiger partial charge is 0.507 e. The third-order valence-electron chi connectivity index (χ3n) is 4.96. The Hall–Kier alpha value is -2.52. The maximum atomic E-state index is 12.6. The van der Waals surface area contributed by atoms with Crippen LogP contribution in [0.4, 0.5) is 5.69 Å². The molecule has 0 saturated carbocycles. The SMILES string of the molecule is Cc1ccc(-n2c(SCC(=O)Nc3cc(Cl)ccc3Cl)nnc2-c2cc(Br)ccc2O)c(C)c1. The van der Waals surface area contributed by atoms with Gasteiger partial charge >= 0.3 is 0 Å². The monoisotopic (exact) mass is 576 g/mol. The first kappa shape index (κ1) is 24.6. The number of carbonyl (C=O) groups excluding carboxylic acids is 1. The van der Waals surface area contributed by atoms with Gasteiger partial charge in [0, 0.05) is 9.50 Å². The van der Waals surface area contributed by atoms with Crippen molar-refractivity contribution in [2.24, 2.45) is 0 Å². The van der Waals surface area contributed by atoms with Crippen molar-refractivity contribution in [2.45, 2.75) is 19.0 Å². The van der Waals surface area contributed by atoms with Crippen LogP contribution in [0.2, 0.25) is 10.0 Å². The molecule has 0 radical (unpaired) electrons. The summed E-state index contributed by atoms with van der Waals surface area (Å²) < 4.78 is 2.64. The van der Waals surface area contributed by atoms with Gasteiger partial charge in [0.15, 0.2) is 11.0 Å². The fourth-order valence-corrected chi connectivity index (χ4v) is 4.85. The highest BCUT2D eigenvalue weighted by Crippen LogP contribution is 2.35. The summed E-state index contributed by atoms with van der Waals surface area (Å²) in [4.78, 5) is 12.6. The van der Waals surface area contributed by atoms with E-state index in [4.69, 9.17) is 23.2 Å². The summed E-state index contributed by atoms with van der Waals surface area (Å²) in [5.74, 6) is 0.338. The Morgan fingerprint density at radius 2 is 1.88 bits per heavy atom. The molecule has 3 aromatic carbocycles. The Kier molecular flexibility index (Phi) is 7.52.